The Kier molecular flexibility index (Phi) is 5.48. The summed E-state index contributed by atoms with van der Waals surface area (Å²) in [6.07, 6.45) is 0. The minimum absolute atomic E-state index is 0.133. The molecule has 4 nitrogen and oxygen atoms in total. The van der Waals surface area contributed by atoms with Crippen LogP contribution in [0.2, 0.25) is 0 Å². The fourth-order valence-electron chi connectivity index (χ4n) is 3.63. The molecule has 0 bridgehead atoms. The molecule has 0 saturated heterocycles. The lowest BCUT2D eigenvalue weighted by molar-refractivity contribution is 0.0952. The summed E-state index contributed by atoms with van der Waals surface area (Å²) < 4.78 is 5.39. The molecule has 0 aliphatic heterocycles. The van der Waals surface area contributed by atoms with E-state index in [0.29, 0.717) is 12.1 Å². The number of aromatic nitrogens is 1. The van der Waals surface area contributed by atoms with Gasteiger partial charge in [-0.3, -0.25) is 4.79 Å². The predicted molar refractivity (Wildman–Crippen MR) is 121 cm³/mol. The van der Waals surface area contributed by atoms with Crippen LogP contribution < -0.4 is 10.1 Å². The summed E-state index contributed by atoms with van der Waals surface area (Å²) in [4.78, 5) is 18.0. The van der Waals surface area contributed by atoms with Crippen molar-refractivity contribution in [2.24, 2.45) is 0 Å². The first-order chi connectivity index (χ1) is 14.6. The average Bonchev–Trinajstić information content (AvgIpc) is 2.78. The second-order valence-corrected chi connectivity index (χ2v) is 7.39. The number of carbonyl (C=O) groups is 1. The number of para-hydroxylation sites is 2. The summed E-state index contributed by atoms with van der Waals surface area (Å²) in [6.45, 7) is 4.51. The smallest absolute Gasteiger partial charge is 0.252 e. The van der Waals surface area contributed by atoms with Crippen LogP contribution in [0.15, 0.2) is 72.8 Å². The molecule has 0 unspecified atom stereocenters. The fraction of sp³-hybridized carbons (Fsp3) is 0.154. The number of hydrogen-bond acceptors (Lipinski definition) is 3. The summed E-state index contributed by atoms with van der Waals surface area (Å²) in [6, 6.07) is 23.6. The molecule has 4 rings (SSSR count). The highest BCUT2D eigenvalue weighted by molar-refractivity contribution is 6.07. The maximum absolute atomic E-state index is 13.2. The van der Waals surface area contributed by atoms with Crippen LogP contribution >= 0.6 is 0 Å². The molecule has 4 heteroatoms. The Bertz CT molecular complexity index is 1230. The molecule has 30 heavy (non-hydrogen) atoms. The van der Waals surface area contributed by atoms with Gasteiger partial charge in [0.1, 0.15) is 5.75 Å². The van der Waals surface area contributed by atoms with Crippen molar-refractivity contribution in [1.82, 2.24) is 10.3 Å². The molecule has 0 atom stereocenters. The molecule has 0 saturated carbocycles. The number of hydrogen-bond donors (Lipinski definition) is 1. The minimum atomic E-state index is -0.133. The van der Waals surface area contributed by atoms with Crippen LogP contribution in [-0.4, -0.2) is 18.0 Å². The van der Waals surface area contributed by atoms with Crippen LogP contribution in [0.1, 0.15) is 27.0 Å². The molecule has 1 heterocycles. The Morgan fingerprint density at radius 3 is 2.57 bits per heavy atom. The molecular weight excluding hydrogens is 372 g/mol. The molecule has 1 amide bonds. The number of nitrogens with one attached hydrogen (secondary N) is 1. The monoisotopic (exact) mass is 396 g/mol. The maximum Gasteiger partial charge on any atom is 0.252 e. The average molecular weight is 396 g/mol. The number of benzene rings is 3. The van der Waals surface area contributed by atoms with E-state index in [1.165, 1.54) is 0 Å². The van der Waals surface area contributed by atoms with Crippen LogP contribution in [0.3, 0.4) is 0 Å². The van der Waals surface area contributed by atoms with Gasteiger partial charge in [0.2, 0.25) is 0 Å². The van der Waals surface area contributed by atoms with Gasteiger partial charge in [0, 0.05) is 23.1 Å². The zero-order chi connectivity index (χ0) is 21.1. The second kappa shape index (κ2) is 8.37. The SMILES string of the molecule is COc1ccccc1CNC(=O)c1cc(-c2cc(C)ccc2C)nc2ccccc12. The van der Waals surface area contributed by atoms with Gasteiger partial charge in [-0.1, -0.05) is 54.1 Å². The second-order valence-electron chi connectivity index (χ2n) is 7.39. The number of nitrogens with zero attached hydrogens (tertiary/aromatic N) is 1. The first-order valence-corrected chi connectivity index (χ1v) is 9.94. The topological polar surface area (TPSA) is 51.2 Å². The van der Waals surface area contributed by atoms with E-state index in [1.54, 1.807) is 7.11 Å². The Morgan fingerprint density at radius 1 is 0.967 bits per heavy atom. The van der Waals surface area contributed by atoms with Gasteiger partial charge in [0.05, 0.1) is 23.9 Å². The van der Waals surface area contributed by atoms with E-state index in [1.807, 2.05) is 54.6 Å². The van der Waals surface area contributed by atoms with Crippen molar-refractivity contribution < 1.29 is 9.53 Å². The highest BCUT2D eigenvalue weighted by Gasteiger charge is 2.15. The molecule has 0 radical (unpaired) electrons. The van der Waals surface area contributed by atoms with E-state index in [4.69, 9.17) is 9.72 Å². The van der Waals surface area contributed by atoms with Gasteiger partial charge >= 0.3 is 0 Å². The van der Waals surface area contributed by atoms with E-state index in [9.17, 15) is 4.79 Å². The number of rotatable bonds is 5. The zero-order valence-electron chi connectivity index (χ0n) is 17.4. The lowest BCUT2D eigenvalue weighted by Crippen LogP contribution is -2.23. The van der Waals surface area contributed by atoms with Crippen LogP contribution in [-0.2, 0) is 6.54 Å². The molecular formula is C26H24N2O2. The Labute approximate surface area is 176 Å². The third-order valence-corrected chi connectivity index (χ3v) is 5.26. The van der Waals surface area contributed by atoms with E-state index in [-0.39, 0.29) is 5.91 Å². The number of carbonyl (C=O) groups excluding carboxylic acids is 1. The van der Waals surface area contributed by atoms with E-state index < -0.39 is 0 Å². The Hall–Kier alpha value is -3.66. The zero-order valence-corrected chi connectivity index (χ0v) is 17.4. The number of aryl methyl sites for hydroxylation is 2. The number of amides is 1. The molecule has 4 aromatic rings. The lowest BCUT2D eigenvalue weighted by atomic mass is 9.99. The van der Waals surface area contributed by atoms with Crippen molar-refractivity contribution >= 4 is 16.8 Å². The summed E-state index contributed by atoms with van der Waals surface area (Å²) in [5.41, 5.74) is 6.49. The molecule has 0 aliphatic carbocycles. The minimum Gasteiger partial charge on any atom is -0.496 e. The fourth-order valence-corrected chi connectivity index (χ4v) is 3.63. The van der Waals surface area contributed by atoms with Crippen LogP contribution in [0.5, 0.6) is 5.75 Å². The summed E-state index contributed by atoms with van der Waals surface area (Å²) in [7, 11) is 1.63. The highest BCUT2D eigenvalue weighted by atomic mass is 16.5. The third kappa shape index (κ3) is 3.90. The van der Waals surface area contributed by atoms with E-state index in [2.05, 4.69) is 37.4 Å². The van der Waals surface area contributed by atoms with Gasteiger partial charge in [-0.05, 0) is 43.7 Å². The normalized spacial score (nSPS) is 10.8. The molecule has 150 valence electrons. The standard InChI is InChI=1S/C26H24N2O2/c1-17-12-13-18(2)21(14-17)24-15-22(20-9-5-6-10-23(20)28-24)26(29)27-16-19-8-4-7-11-25(19)30-3/h4-15H,16H2,1-3H3,(H,27,29). The van der Waals surface area contributed by atoms with Gasteiger partial charge in [-0.15, -0.1) is 0 Å². The van der Waals surface area contributed by atoms with E-state index >= 15 is 0 Å². The molecule has 0 fully saturated rings. The molecule has 1 N–H and O–H groups in total. The third-order valence-electron chi connectivity index (χ3n) is 5.26. The van der Waals surface area contributed by atoms with Crippen LogP contribution in [0.4, 0.5) is 0 Å². The molecule has 0 aliphatic rings. The van der Waals surface area contributed by atoms with Crippen molar-refractivity contribution in [3.8, 4) is 17.0 Å². The lowest BCUT2D eigenvalue weighted by Gasteiger charge is -2.13. The van der Waals surface area contributed by atoms with Gasteiger partial charge in [0.25, 0.3) is 5.91 Å². The van der Waals surface area contributed by atoms with Crippen LogP contribution in [0.25, 0.3) is 22.2 Å². The Balaban J connectivity index is 1.74. The van der Waals surface area contributed by atoms with Gasteiger partial charge < -0.3 is 10.1 Å². The molecule has 3 aromatic carbocycles. The van der Waals surface area contributed by atoms with Gasteiger partial charge in [-0.25, -0.2) is 4.98 Å². The van der Waals surface area contributed by atoms with Crippen LogP contribution in [0, 0.1) is 13.8 Å². The van der Waals surface area contributed by atoms with Crippen molar-refractivity contribution in [2.45, 2.75) is 20.4 Å². The van der Waals surface area contributed by atoms with E-state index in [0.717, 1.165) is 44.6 Å². The Morgan fingerprint density at radius 2 is 1.73 bits per heavy atom. The predicted octanol–water partition coefficient (Wildman–Crippen LogP) is 5.46. The summed E-state index contributed by atoms with van der Waals surface area (Å²) in [5, 5.41) is 3.88. The maximum atomic E-state index is 13.2. The first kappa shape index (κ1) is 19.6. The van der Waals surface area contributed by atoms with Crippen molar-refractivity contribution in [3.05, 3.63) is 95.1 Å². The van der Waals surface area contributed by atoms with Crippen molar-refractivity contribution in [2.75, 3.05) is 7.11 Å². The molecule has 0 spiro atoms. The number of fused-ring (bicyclic) bond motifs is 1. The summed E-state index contributed by atoms with van der Waals surface area (Å²) in [5.74, 6) is 0.625. The largest absolute Gasteiger partial charge is 0.496 e. The highest BCUT2D eigenvalue weighted by Crippen LogP contribution is 2.28. The first-order valence-electron chi connectivity index (χ1n) is 9.94. The number of methoxy groups -OCH3 is 1. The van der Waals surface area contributed by atoms with Gasteiger partial charge in [-0.2, -0.15) is 0 Å². The molecule has 1 aromatic heterocycles. The number of ether oxygens (including phenoxy) is 1. The number of pyridine rings is 1. The quantitative estimate of drug-likeness (QED) is 0.487. The van der Waals surface area contributed by atoms with Crippen molar-refractivity contribution in [3.63, 3.8) is 0 Å². The van der Waals surface area contributed by atoms with Gasteiger partial charge in [0.15, 0.2) is 0 Å². The summed E-state index contributed by atoms with van der Waals surface area (Å²) >= 11 is 0. The van der Waals surface area contributed by atoms with Crippen molar-refractivity contribution in [1.29, 1.82) is 0 Å².